The molecule has 3 rings (SSSR count). The summed E-state index contributed by atoms with van der Waals surface area (Å²) in [6, 6.07) is 14.0. The van der Waals surface area contributed by atoms with E-state index in [9.17, 15) is 0 Å². The Hall–Kier alpha value is -1.60. The number of nitrogens with one attached hydrogen (secondary N) is 1. The Morgan fingerprint density at radius 1 is 1.05 bits per heavy atom. The fraction of sp³-hybridized carbons (Fsp3) is 0.400. The highest BCUT2D eigenvalue weighted by atomic mass is 14.9. The molecule has 0 saturated carbocycles. The summed E-state index contributed by atoms with van der Waals surface area (Å²) in [6.07, 6.45) is 3.78. The van der Waals surface area contributed by atoms with Crippen LogP contribution in [0.5, 0.6) is 0 Å². The van der Waals surface area contributed by atoms with Gasteiger partial charge in [-0.1, -0.05) is 42.0 Å². The average molecular weight is 279 g/mol. The molecule has 0 saturated heterocycles. The Balaban J connectivity index is 1.78. The van der Waals surface area contributed by atoms with Crippen LogP contribution in [0.25, 0.3) is 0 Å². The molecule has 2 aromatic rings. The minimum absolute atomic E-state index is 0.509. The van der Waals surface area contributed by atoms with Gasteiger partial charge in [0.1, 0.15) is 0 Å². The standard InChI is InChI=1S/C20H25N/c1-14-11-15(2)19(16(3)12-14)13-21-20-10-6-8-17-7-4-5-9-18(17)20/h4-5,7,9,11-12,20-21H,6,8,10,13H2,1-3H3. The van der Waals surface area contributed by atoms with E-state index < -0.39 is 0 Å². The van der Waals surface area contributed by atoms with Crippen LogP contribution in [0.3, 0.4) is 0 Å². The predicted octanol–water partition coefficient (Wildman–Crippen LogP) is 4.78. The molecule has 1 N–H and O–H groups in total. The lowest BCUT2D eigenvalue weighted by molar-refractivity contribution is 0.458. The zero-order valence-corrected chi connectivity index (χ0v) is 13.4. The highest BCUT2D eigenvalue weighted by Gasteiger charge is 2.19. The maximum atomic E-state index is 3.80. The van der Waals surface area contributed by atoms with Gasteiger partial charge in [0.05, 0.1) is 0 Å². The molecule has 0 spiro atoms. The lowest BCUT2D eigenvalue weighted by atomic mass is 9.87. The Morgan fingerprint density at radius 3 is 2.52 bits per heavy atom. The van der Waals surface area contributed by atoms with Gasteiger partial charge in [-0.2, -0.15) is 0 Å². The Bertz CT molecular complexity index is 619. The largest absolute Gasteiger partial charge is 0.306 e. The van der Waals surface area contributed by atoms with Crippen LogP contribution in [-0.2, 0) is 13.0 Å². The van der Waals surface area contributed by atoms with Crippen LogP contribution in [0.1, 0.15) is 52.3 Å². The highest BCUT2D eigenvalue weighted by Crippen LogP contribution is 2.30. The molecule has 0 amide bonds. The Morgan fingerprint density at radius 2 is 1.76 bits per heavy atom. The molecule has 1 aliphatic rings. The SMILES string of the molecule is Cc1cc(C)c(CNC2CCCc3ccccc32)c(C)c1. The van der Waals surface area contributed by atoms with E-state index in [4.69, 9.17) is 0 Å². The molecule has 1 heteroatoms. The number of hydrogen-bond donors (Lipinski definition) is 1. The molecule has 21 heavy (non-hydrogen) atoms. The fourth-order valence-electron chi connectivity index (χ4n) is 3.68. The van der Waals surface area contributed by atoms with E-state index >= 15 is 0 Å². The van der Waals surface area contributed by atoms with Crippen molar-refractivity contribution in [1.29, 1.82) is 0 Å². The molecule has 0 aromatic heterocycles. The predicted molar refractivity (Wildman–Crippen MR) is 89.6 cm³/mol. The molecule has 0 heterocycles. The van der Waals surface area contributed by atoms with Crippen LogP contribution in [0, 0.1) is 20.8 Å². The van der Waals surface area contributed by atoms with Crippen LogP contribution in [0.2, 0.25) is 0 Å². The van der Waals surface area contributed by atoms with Crippen molar-refractivity contribution in [3.63, 3.8) is 0 Å². The molecule has 1 unspecified atom stereocenters. The maximum absolute atomic E-state index is 3.80. The second-order valence-corrected chi connectivity index (χ2v) is 6.40. The van der Waals surface area contributed by atoms with Gasteiger partial charge in [0.15, 0.2) is 0 Å². The van der Waals surface area contributed by atoms with Gasteiger partial charge < -0.3 is 5.32 Å². The van der Waals surface area contributed by atoms with E-state index in [1.54, 1.807) is 0 Å². The number of aryl methyl sites for hydroxylation is 4. The van der Waals surface area contributed by atoms with Gasteiger partial charge in [-0.05, 0) is 67.9 Å². The molecule has 1 nitrogen and oxygen atoms in total. The van der Waals surface area contributed by atoms with E-state index in [0.29, 0.717) is 6.04 Å². The molecule has 1 aliphatic carbocycles. The van der Waals surface area contributed by atoms with E-state index in [1.165, 1.54) is 52.6 Å². The summed E-state index contributed by atoms with van der Waals surface area (Å²) in [5.41, 5.74) is 8.67. The zero-order valence-electron chi connectivity index (χ0n) is 13.4. The first-order chi connectivity index (χ1) is 10.1. The van der Waals surface area contributed by atoms with Gasteiger partial charge in [0.2, 0.25) is 0 Å². The van der Waals surface area contributed by atoms with Gasteiger partial charge in [-0.3, -0.25) is 0 Å². The van der Waals surface area contributed by atoms with Crippen molar-refractivity contribution >= 4 is 0 Å². The first-order valence-corrected chi connectivity index (χ1v) is 8.03. The van der Waals surface area contributed by atoms with Gasteiger partial charge in [0, 0.05) is 12.6 Å². The lowest BCUT2D eigenvalue weighted by Gasteiger charge is -2.27. The zero-order chi connectivity index (χ0) is 14.8. The minimum Gasteiger partial charge on any atom is -0.306 e. The summed E-state index contributed by atoms with van der Waals surface area (Å²) >= 11 is 0. The van der Waals surface area contributed by atoms with Crippen molar-refractivity contribution in [2.75, 3.05) is 0 Å². The van der Waals surface area contributed by atoms with Crippen molar-refractivity contribution in [3.05, 3.63) is 69.8 Å². The topological polar surface area (TPSA) is 12.0 Å². The number of hydrogen-bond acceptors (Lipinski definition) is 1. The van der Waals surface area contributed by atoms with Crippen molar-refractivity contribution in [1.82, 2.24) is 5.32 Å². The first-order valence-electron chi connectivity index (χ1n) is 8.03. The summed E-state index contributed by atoms with van der Waals surface area (Å²) in [7, 11) is 0. The van der Waals surface area contributed by atoms with Crippen molar-refractivity contribution < 1.29 is 0 Å². The second kappa shape index (κ2) is 6.03. The maximum Gasteiger partial charge on any atom is 0.0326 e. The number of rotatable bonds is 3. The molecular weight excluding hydrogens is 254 g/mol. The smallest absolute Gasteiger partial charge is 0.0326 e. The third kappa shape index (κ3) is 3.03. The average Bonchev–Trinajstić information content (AvgIpc) is 2.46. The quantitative estimate of drug-likeness (QED) is 0.852. The molecule has 0 fully saturated rings. The third-order valence-corrected chi connectivity index (χ3v) is 4.74. The van der Waals surface area contributed by atoms with Gasteiger partial charge >= 0.3 is 0 Å². The molecule has 1 atom stereocenters. The molecule has 0 aliphatic heterocycles. The highest BCUT2D eigenvalue weighted by molar-refractivity contribution is 5.38. The van der Waals surface area contributed by atoms with Crippen LogP contribution in [0.15, 0.2) is 36.4 Å². The van der Waals surface area contributed by atoms with Crippen molar-refractivity contribution in [2.24, 2.45) is 0 Å². The van der Waals surface area contributed by atoms with E-state index in [-0.39, 0.29) is 0 Å². The summed E-state index contributed by atoms with van der Waals surface area (Å²) in [5, 5.41) is 3.80. The summed E-state index contributed by atoms with van der Waals surface area (Å²) in [4.78, 5) is 0. The molecule has 2 aromatic carbocycles. The van der Waals surface area contributed by atoms with E-state index in [1.807, 2.05) is 0 Å². The molecule has 110 valence electrons. The van der Waals surface area contributed by atoms with E-state index in [0.717, 1.165) is 6.54 Å². The number of benzene rings is 2. The van der Waals surface area contributed by atoms with Crippen LogP contribution < -0.4 is 5.32 Å². The lowest BCUT2D eigenvalue weighted by Crippen LogP contribution is -2.25. The monoisotopic (exact) mass is 279 g/mol. The van der Waals surface area contributed by atoms with E-state index in [2.05, 4.69) is 62.5 Å². The normalized spacial score (nSPS) is 17.6. The fourth-order valence-corrected chi connectivity index (χ4v) is 3.68. The molecule has 0 radical (unpaired) electrons. The Labute approximate surface area is 128 Å². The van der Waals surface area contributed by atoms with Crippen molar-refractivity contribution in [3.8, 4) is 0 Å². The van der Waals surface area contributed by atoms with Gasteiger partial charge in [0.25, 0.3) is 0 Å². The minimum atomic E-state index is 0.509. The van der Waals surface area contributed by atoms with Gasteiger partial charge in [-0.25, -0.2) is 0 Å². The summed E-state index contributed by atoms with van der Waals surface area (Å²) in [6.45, 7) is 7.60. The molecule has 0 bridgehead atoms. The van der Waals surface area contributed by atoms with Crippen LogP contribution in [-0.4, -0.2) is 0 Å². The first kappa shape index (κ1) is 14.3. The summed E-state index contributed by atoms with van der Waals surface area (Å²) < 4.78 is 0. The molecular formula is C20H25N. The van der Waals surface area contributed by atoms with Crippen molar-refractivity contribution in [2.45, 2.75) is 52.6 Å². The van der Waals surface area contributed by atoms with Crippen LogP contribution >= 0.6 is 0 Å². The Kier molecular flexibility index (Phi) is 4.12. The second-order valence-electron chi connectivity index (χ2n) is 6.40. The van der Waals surface area contributed by atoms with Crippen LogP contribution in [0.4, 0.5) is 0 Å². The third-order valence-electron chi connectivity index (χ3n) is 4.74. The number of fused-ring (bicyclic) bond motifs is 1. The summed E-state index contributed by atoms with van der Waals surface area (Å²) in [5.74, 6) is 0. The van der Waals surface area contributed by atoms with Gasteiger partial charge in [-0.15, -0.1) is 0 Å².